The monoisotopic (exact) mass is 335 g/mol. The third-order valence-corrected chi connectivity index (χ3v) is 5.02. The fraction of sp³-hybridized carbons (Fsp3) is 0.667. The van der Waals surface area contributed by atoms with Gasteiger partial charge in [-0.1, -0.05) is 19.1 Å². The summed E-state index contributed by atoms with van der Waals surface area (Å²) in [4.78, 5) is 13.0. The van der Waals surface area contributed by atoms with Crippen LogP contribution in [-0.2, 0) is 0 Å². The summed E-state index contributed by atoms with van der Waals surface area (Å²) in [6.45, 7) is 9.29. The maximum atomic E-state index is 11.0. The third-order valence-electron chi connectivity index (χ3n) is 5.02. The van der Waals surface area contributed by atoms with E-state index in [0.29, 0.717) is 18.7 Å². The van der Waals surface area contributed by atoms with Crippen molar-refractivity contribution in [2.75, 3.05) is 26.2 Å². The fourth-order valence-corrected chi connectivity index (χ4v) is 3.34. The average Bonchev–Trinajstić information content (AvgIpc) is 2.54. The van der Waals surface area contributed by atoms with Gasteiger partial charge in [-0.15, -0.1) is 0 Å². The lowest BCUT2D eigenvalue weighted by Crippen LogP contribution is -2.42. The Kier molecular flexibility index (Phi) is 6.71. The van der Waals surface area contributed by atoms with Crippen molar-refractivity contribution in [2.45, 2.75) is 45.8 Å². The molecule has 0 amide bonds. The van der Waals surface area contributed by atoms with Crippen LogP contribution in [0.2, 0.25) is 0 Å². The number of rotatable bonds is 7. The van der Waals surface area contributed by atoms with Gasteiger partial charge in [-0.3, -0.25) is 10.1 Å². The molecule has 1 aliphatic heterocycles. The first kappa shape index (κ1) is 18.8. The number of nitrogens with zero attached hydrogens (tertiary/aromatic N) is 2. The van der Waals surface area contributed by atoms with Crippen molar-refractivity contribution < 1.29 is 10.0 Å². The highest BCUT2D eigenvalue weighted by atomic mass is 16.6. The number of nitrogens with one attached hydrogen (secondary N) is 1. The van der Waals surface area contributed by atoms with Crippen LogP contribution in [-0.4, -0.2) is 47.2 Å². The molecule has 2 N–H and O–H groups in total. The van der Waals surface area contributed by atoms with Crippen LogP contribution in [0.25, 0.3) is 0 Å². The molecule has 1 aromatic carbocycles. The molecule has 6 heteroatoms. The number of β-amino-alcohol motifs (C(OH)–C–C–N with tert-alkyl or cyclic N) is 1. The third kappa shape index (κ3) is 5.00. The Hall–Kier alpha value is -1.50. The number of benzene rings is 1. The molecule has 1 fully saturated rings. The van der Waals surface area contributed by atoms with Gasteiger partial charge in [0.05, 0.1) is 11.0 Å². The summed E-state index contributed by atoms with van der Waals surface area (Å²) in [5.41, 5.74) is 1.73. The van der Waals surface area contributed by atoms with Crippen LogP contribution < -0.4 is 5.32 Å². The largest absolute Gasteiger partial charge is 0.390 e. The minimum Gasteiger partial charge on any atom is -0.390 e. The molecule has 2 rings (SSSR count). The lowest BCUT2D eigenvalue weighted by Gasteiger charge is -2.32. The normalized spacial score (nSPS) is 19.2. The lowest BCUT2D eigenvalue weighted by molar-refractivity contribution is -0.385. The van der Waals surface area contributed by atoms with E-state index in [2.05, 4.69) is 17.1 Å². The van der Waals surface area contributed by atoms with Crippen LogP contribution in [0.15, 0.2) is 18.2 Å². The standard InChI is InChI=1S/C18H29N3O3/c1-13-7-9-20(10-8-13)12-16(22)11-19-15(3)17-5-4-6-18(14(17)2)21(23)24/h4-6,13,15-16,19,22H,7-12H2,1-3H3. The summed E-state index contributed by atoms with van der Waals surface area (Å²) in [6, 6.07) is 5.10. The van der Waals surface area contributed by atoms with Gasteiger partial charge in [-0.2, -0.15) is 0 Å². The maximum absolute atomic E-state index is 11.0. The summed E-state index contributed by atoms with van der Waals surface area (Å²) >= 11 is 0. The van der Waals surface area contributed by atoms with Crippen LogP contribution in [0.3, 0.4) is 0 Å². The minimum absolute atomic E-state index is 0.0408. The molecular weight excluding hydrogens is 306 g/mol. The molecule has 0 aliphatic carbocycles. The molecule has 0 saturated carbocycles. The Bertz CT molecular complexity index is 556. The first-order valence-electron chi connectivity index (χ1n) is 8.76. The fourth-order valence-electron chi connectivity index (χ4n) is 3.34. The van der Waals surface area contributed by atoms with Crippen LogP contribution in [0.4, 0.5) is 5.69 Å². The zero-order chi connectivity index (χ0) is 17.7. The zero-order valence-electron chi connectivity index (χ0n) is 14.9. The highest BCUT2D eigenvalue weighted by Gasteiger charge is 2.20. The van der Waals surface area contributed by atoms with Crippen molar-refractivity contribution in [3.05, 3.63) is 39.4 Å². The van der Waals surface area contributed by atoms with Gasteiger partial charge < -0.3 is 15.3 Å². The number of likely N-dealkylation sites (tertiary alicyclic amines) is 1. The van der Waals surface area contributed by atoms with Gasteiger partial charge in [0.25, 0.3) is 5.69 Å². The first-order valence-corrected chi connectivity index (χ1v) is 8.76. The molecule has 1 saturated heterocycles. The molecule has 0 spiro atoms. The Morgan fingerprint density at radius 3 is 2.71 bits per heavy atom. The summed E-state index contributed by atoms with van der Waals surface area (Å²) in [6.07, 6.45) is 1.97. The van der Waals surface area contributed by atoms with E-state index in [1.54, 1.807) is 13.0 Å². The van der Waals surface area contributed by atoms with Crippen molar-refractivity contribution in [3.63, 3.8) is 0 Å². The molecule has 6 nitrogen and oxygen atoms in total. The van der Waals surface area contributed by atoms with Crippen molar-refractivity contribution >= 4 is 5.69 Å². The quantitative estimate of drug-likeness (QED) is 0.591. The summed E-state index contributed by atoms with van der Waals surface area (Å²) in [5, 5.41) is 24.6. The number of aliphatic hydroxyl groups is 1. The predicted molar refractivity (Wildman–Crippen MR) is 95.1 cm³/mol. The van der Waals surface area contributed by atoms with Gasteiger partial charge in [0.15, 0.2) is 0 Å². The summed E-state index contributed by atoms with van der Waals surface area (Å²) < 4.78 is 0. The number of hydrogen-bond acceptors (Lipinski definition) is 5. The van der Waals surface area contributed by atoms with E-state index in [4.69, 9.17) is 0 Å². The smallest absolute Gasteiger partial charge is 0.272 e. The van der Waals surface area contributed by atoms with Gasteiger partial charge in [-0.05, 0) is 51.3 Å². The lowest BCUT2D eigenvalue weighted by atomic mass is 9.99. The van der Waals surface area contributed by atoms with Crippen molar-refractivity contribution in [3.8, 4) is 0 Å². The Morgan fingerprint density at radius 2 is 2.08 bits per heavy atom. The number of nitro groups is 1. The molecule has 134 valence electrons. The topological polar surface area (TPSA) is 78.6 Å². The first-order chi connectivity index (χ1) is 11.4. The van der Waals surface area contributed by atoms with E-state index in [9.17, 15) is 15.2 Å². The number of piperidine rings is 1. The second kappa shape index (κ2) is 8.55. The molecule has 0 radical (unpaired) electrons. The highest BCUT2D eigenvalue weighted by Crippen LogP contribution is 2.25. The molecule has 2 unspecified atom stereocenters. The van der Waals surface area contributed by atoms with Crippen LogP contribution >= 0.6 is 0 Å². The number of hydrogen-bond donors (Lipinski definition) is 2. The van der Waals surface area contributed by atoms with Gasteiger partial charge in [0, 0.05) is 30.8 Å². The van der Waals surface area contributed by atoms with Crippen LogP contribution in [0.5, 0.6) is 0 Å². The van der Waals surface area contributed by atoms with Crippen LogP contribution in [0, 0.1) is 23.0 Å². The molecule has 24 heavy (non-hydrogen) atoms. The Labute approximate surface area is 144 Å². The predicted octanol–water partition coefficient (Wildman–Crippen LogP) is 2.65. The zero-order valence-corrected chi connectivity index (χ0v) is 14.9. The van der Waals surface area contributed by atoms with Gasteiger partial charge >= 0.3 is 0 Å². The average molecular weight is 335 g/mol. The molecule has 1 aromatic rings. The van der Waals surface area contributed by atoms with E-state index >= 15 is 0 Å². The minimum atomic E-state index is -0.431. The maximum Gasteiger partial charge on any atom is 0.272 e. The van der Waals surface area contributed by atoms with Gasteiger partial charge in [0.1, 0.15) is 0 Å². The second-order valence-electron chi connectivity index (χ2n) is 7.02. The number of aliphatic hydroxyl groups excluding tert-OH is 1. The highest BCUT2D eigenvalue weighted by molar-refractivity contribution is 5.45. The van der Waals surface area contributed by atoms with Crippen molar-refractivity contribution in [2.24, 2.45) is 5.92 Å². The molecule has 0 bridgehead atoms. The SMILES string of the molecule is Cc1c(C(C)NCC(O)CN2CCC(C)CC2)cccc1[N+](=O)[O-]. The molecule has 1 heterocycles. The molecule has 1 aliphatic rings. The Balaban J connectivity index is 1.85. The molecule has 2 atom stereocenters. The summed E-state index contributed by atoms with van der Waals surface area (Å²) in [7, 11) is 0. The Morgan fingerprint density at radius 1 is 1.42 bits per heavy atom. The van der Waals surface area contributed by atoms with E-state index in [1.165, 1.54) is 18.9 Å². The van der Waals surface area contributed by atoms with Crippen molar-refractivity contribution in [1.29, 1.82) is 0 Å². The van der Waals surface area contributed by atoms with E-state index < -0.39 is 6.10 Å². The molecule has 0 aromatic heterocycles. The van der Waals surface area contributed by atoms with Gasteiger partial charge in [-0.25, -0.2) is 0 Å². The van der Waals surface area contributed by atoms with Crippen molar-refractivity contribution in [1.82, 2.24) is 10.2 Å². The molecular formula is C18H29N3O3. The van der Waals surface area contributed by atoms with E-state index in [-0.39, 0.29) is 16.7 Å². The van der Waals surface area contributed by atoms with E-state index in [1.807, 2.05) is 13.0 Å². The number of nitro benzene ring substituents is 1. The van der Waals surface area contributed by atoms with E-state index in [0.717, 1.165) is 24.6 Å². The second-order valence-corrected chi connectivity index (χ2v) is 7.02. The summed E-state index contributed by atoms with van der Waals surface area (Å²) in [5.74, 6) is 0.786. The van der Waals surface area contributed by atoms with Gasteiger partial charge in [0.2, 0.25) is 0 Å². The van der Waals surface area contributed by atoms with Crippen LogP contribution in [0.1, 0.15) is 43.9 Å².